The topological polar surface area (TPSA) is 83.2 Å². The van der Waals surface area contributed by atoms with Crippen molar-refractivity contribution < 1.29 is 24.1 Å². The predicted octanol–water partition coefficient (Wildman–Crippen LogP) is 1.73. The standard InChI is InChI=1S/C20H23NO5/c21-16-17(22)18-15(12-24-19(26-18)14-9-5-2-6-10-14)25-20(16)23-11-13-7-3-1-4-8-13/h1-10,15-20,22H,11-12,21H2/t15-,16+,17+,18+,19+,20-/m1/s1. The van der Waals surface area contributed by atoms with Crippen LogP contribution in [0, 0.1) is 0 Å². The lowest BCUT2D eigenvalue weighted by molar-refractivity contribution is -0.343. The second-order valence-corrected chi connectivity index (χ2v) is 6.58. The Kier molecular flexibility index (Phi) is 5.31. The van der Waals surface area contributed by atoms with E-state index in [9.17, 15) is 5.11 Å². The van der Waals surface area contributed by atoms with Gasteiger partial charge in [0, 0.05) is 5.56 Å². The van der Waals surface area contributed by atoms with Gasteiger partial charge >= 0.3 is 0 Å². The number of benzene rings is 2. The lowest BCUT2D eigenvalue weighted by Crippen LogP contribution is -2.64. The second kappa shape index (κ2) is 7.84. The van der Waals surface area contributed by atoms with Crippen LogP contribution in [0.15, 0.2) is 60.7 Å². The molecule has 0 spiro atoms. The largest absolute Gasteiger partial charge is 0.388 e. The van der Waals surface area contributed by atoms with E-state index in [-0.39, 0.29) is 0 Å². The monoisotopic (exact) mass is 357 g/mol. The summed E-state index contributed by atoms with van der Waals surface area (Å²) < 4.78 is 23.4. The van der Waals surface area contributed by atoms with E-state index in [1.54, 1.807) is 0 Å². The number of fused-ring (bicyclic) bond motifs is 1. The minimum atomic E-state index is -0.898. The van der Waals surface area contributed by atoms with Crippen molar-refractivity contribution >= 4 is 0 Å². The summed E-state index contributed by atoms with van der Waals surface area (Å²) in [5.74, 6) is 0. The molecule has 6 atom stereocenters. The van der Waals surface area contributed by atoms with Crippen LogP contribution in [0.2, 0.25) is 0 Å². The van der Waals surface area contributed by atoms with Gasteiger partial charge in [0.05, 0.1) is 19.3 Å². The van der Waals surface area contributed by atoms with Crippen molar-refractivity contribution in [2.24, 2.45) is 5.73 Å². The van der Waals surface area contributed by atoms with E-state index in [0.717, 1.165) is 11.1 Å². The van der Waals surface area contributed by atoms with Gasteiger partial charge < -0.3 is 29.8 Å². The highest BCUT2D eigenvalue weighted by Gasteiger charge is 2.48. The molecule has 6 nitrogen and oxygen atoms in total. The molecule has 2 heterocycles. The Morgan fingerprint density at radius 2 is 1.69 bits per heavy atom. The zero-order chi connectivity index (χ0) is 17.9. The first kappa shape index (κ1) is 17.6. The van der Waals surface area contributed by atoms with Crippen LogP contribution in [-0.2, 0) is 25.6 Å². The third-order valence-corrected chi connectivity index (χ3v) is 4.74. The fourth-order valence-electron chi connectivity index (χ4n) is 3.29. The lowest BCUT2D eigenvalue weighted by Gasteiger charge is -2.46. The first-order valence-electron chi connectivity index (χ1n) is 8.79. The molecule has 2 saturated heterocycles. The van der Waals surface area contributed by atoms with Crippen molar-refractivity contribution in [1.82, 2.24) is 0 Å². The van der Waals surface area contributed by atoms with Crippen LogP contribution >= 0.6 is 0 Å². The number of hydrogen-bond donors (Lipinski definition) is 2. The van der Waals surface area contributed by atoms with E-state index in [4.69, 9.17) is 24.7 Å². The van der Waals surface area contributed by atoms with Crippen LogP contribution in [0.25, 0.3) is 0 Å². The molecule has 3 N–H and O–H groups in total. The highest BCUT2D eigenvalue weighted by Crippen LogP contribution is 2.33. The molecular weight excluding hydrogens is 334 g/mol. The smallest absolute Gasteiger partial charge is 0.184 e. The molecule has 0 radical (unpaired) electrons. The average Bonchev–Trinajstić information content (AvgIpc) is 2.71. The average molecular weight is 357 g/mol. The summed E-state index contributed by atoms with van der Waals surface area (Å²) in [6.07, 6.45) is -3.13. The number of aliphatic hydroxyl groups is 1. The van der Waals surface area contributed by atoms with Gasteiger partial charge in [0.25, 0.3) is 0 Å². The Labute approximate surface area is 152 Å². The van der Waals surface area contributed by atoms with Gasteiger partial charge in [-0.2, -0.15) is 0 Å². The van der Waals surface area contributed by atoms with Crippen LogP contribution in [0.1, 0.15) is 17.4 Å². The predicted molar refractivity (Wildman–Crippen MR) is 93.9 cm³/mol. The van der Waals surface area contributed by atoms with E-state index in [2.05, 4.69) is 0 Å². The van der Waals surface area contributed by atoms with Gasteiger partial charge in [-0.3, -0.25) is 0 Å². The lowest BCUT2D eigenvalue weighted by atomic mass is 9.96. The summed E-state index contributed by atoms with van der Waals surface area (Å²) in [5, 5.41) is 10.6. The number of aliphatic hydroxyl groups excluding tert-OH is 1. The van der Waals surface area contributed by atoms with Crippen LogP contribution in [0.5, 0.6) is 0 Å². The molecule has 0 aromatic heterocycles. The van der Waals surface area contributed by atoms with Crippen LogP contribution in [-0.4, -0.2) is 42.4 Å². The number of rotatable bonds is 4. The Hall–Kier alpha value is -1.80. The van der Waals surface area contributed by atoms with Gasteiger partial charge in [-0.1, -0.05) is 60.7 Å². The van der Waals surface area contributed by atoms with Crippen LogP contribution in [0.3, 0.4) is 0 Å². The van der Waals surface area contributed by atoms with Gasteiger partial charge in [0.2, 0.25) is 0 Å². The summed E-state index contributed by atoms with van der Waals surface area (Å²) in [7, 11) is 0. The Balaban J connectivity index is 1.40. The van der Waals surface area contributed by atoms with Gasteiger partial charge in [-0.25, -0.2) is 0 Å². The number of ether oxygens (including phenoxy) is 4. The Bertz CT molecular complexity index is 696. The van der Waals surface area contributed by atoms with Gasteiger partial charge in [0.15, 0.2) is 12.6 Å². The number of hydrogen-bond acceptors (Lipinski definition) is 6. The second-order valence-electron chi connectivity index (χ2n) is 6.58. The molecule has 2 aliphatic rings. The third kappa shape index (κ3) is 3.66. The normalized spacial score (nSPS) is 34.2. The highest BCUT2D eigenvalue weighted by molar-refractivity contribution is 5.17. The van der Waals surface area contributed by atoms with E-state index in [1.165, 1.54) is 0 Å². The fourth-order valence-corrected chi connectivity index (χ4v) is 3.29. The van der Waals surface area contributed by atoms with Crippen molar-refractivity contribution in [3.05, 3.63) is 71.8 Å². The molecule has 2 aromatic rings. The maximum atomic E-state index is 10.6. The van der Waals surface area contributed by atoms with Crippen molar-refractivity contribution in [3.8, 4) is 0 Å². The molecule has 138 valence electrons. The van der Waals surface area contributed by atoms with Crippen molar-refractivity contribution in [3.63, 3.8) is 0 Å². The zero-order valence-corrected chi connectivity index (χ0v) is 14.3. The summed E-state index contributed by atoms with van der Waals surface area (Å²) >= 11 is 0. The molecule has 26 heavy (non-hydrogen) atoms. The molecular formula is C20H23NO5. The first-order valence-corrected chi connectivity index (χ1v) is 8.79. The quantitative estimate of drug-likeness (QED) is 0.867. The van der Waals surface area contributed by atoms with E-state index in [0.29, 0.717) is 13.2 Å². The fraction of sp³-hybridized carbons (Fsp3) is 0.400. The zero-order valence-electron chi connectivity index (χ0n) is 14.3. The molecule has 0 bridgehead atoms. The summed E-state index contributed by atoms with van der Waals surface area (Å²) in [5.41, 5.74) is 8.07. The Morgan fingerprint density at radius 3 is 2.42 bits per heavy atom. The van der Waals surface area contributed by atoms with Gasteiger partial charge in [-0.15, -0.1) is 0 Å². The molecule has 0 amide bonds. The first-order chi connectivity index (χ1) is 12.7. The SMILES string of the molecule is N[C@@H]1[C@H](OCc2ccccc2)O[C@@H]2CO[C@H](c3ccccc3)O[C@@H]2[C@H]1O. The minimum absolute atomic E-state index is 0.305. The highest BCUT2D eigenvalue weighted by atomic mass is 16.7. The molecule has 4 rings (SSSR count). The van der Waals surface area contributed by atoms with Gasteiger partial charge in [0.1, 0.15) is 18.3 Å². The summed E-state index contributed by atoms with van der Waals surface area (Å²) in [4.78, 5) is 0. The molecule has 2 aliphatic heterocycles. The van der Waals surface area contributed by atoms with Crippen LogP contribution in [0.4, 0.5) is 0 Å². The van der Waals surface area contributed by atoms with Crippen molar-refractivity contribution in [2.75, 3.05) is 6.61 Å². The van der Waals surface area contributed by atoms with E-state index < -0.39 is 36.9 Å². The molecule has 2 aromatic carbocycles. The third-order valence-electron chi connectivity index (χ3n) is 4.74. The maximum absolute atomic E-state index is 10.6. The van der Waals surface area contributed by atoms with E-state index >= 15 is 0 Å². The Morgan fingerprint density at radius 1 is 1.00 bits per heavy atom. The summed E-state index contributed by atoms with van der Waals surface area (Å²) in [6, 6.07) is 18.7. The minimum Gasteiger partial charge on any atom is -0.388 e. The van der Waals surface area contributed by atoms with Crippen molar-refractivity contribution in [1.29, 1.82) is 0 Å². The van der Waals surface area contributed by atoms with Crippen molar-refractivity contribution in [2.45, 2.75) is 43.5 Å². The maximum Gasteiger partial charge on any atom is 0.184 e. The van der Waals surface area contributed by atoms with Gasteiger partial charge in [-0.05, 0) is 5.56 Å². The molecule has 2 fully saturated rings. The van der Waals surface area contributed by atoms with Crippen LogP contribution < -0.4 is 5.73 Å². The molecule has 0 aliphatic carbocycles. The molecule has 0 unspecified atom stereocenters. The molecule has 6 heteroatoms. The number of nitrogens with two attached hydrogens (primary N) is 1. The van der Waals surface area contributed by atoms with E-state index in [1.807, 2.05) is 60.7 Å². The summed E-state index contributed by atoms with van der Waals surface area (Å²) in [6.45, 7) is 0.664. The molecule has 0 saturated carbocycles.